The van der Waals surface area contributed by atoms with Crippen LogP contribution in [0.3, 0.4) is 0 Å². The van der Waals surface area contributed by atoms with Gasteiger partial charge < -0.3 is 9.64 Å². The molecule has 0 radical (unpaired) electrons. The van der Waals surface area contributed by atoms with Crippen LogP contribution in [0, 0.1) is 5.41 Å². The number of anilines is 1. The second-order valence-corrected chi connectivity index (χ2v) is 10.4. The second-order valence-electron chi connectivity index (χ2n) is 9.50. The number of rotatable bonds is 4. The first kappa shape index (κ1) is 21.0. The van der Waals surface area contributed by atoms with Crippen LogP contribution in [0.15, 0.2) is 53.0 Å². The van der Waals surface area contributed by atoms with Crippen LogP contribution in [0.4, 0.5) is 5.69 Å². The number of methoxy groups -OCH3 is 1. The van der Waals surface area contributed by atoms with E-state index in [4.69, 9.17) is 4.74 Å². The third-order valence-corrected chi connectivity index (χ3v) is 8.56. The minimum atomic E-state index is -0.271. The number of carbonyl (C=O) groups is 1. The number of nitrogens with zero attached hydrogens (tertiary/aromatic N) is 2. The molecule has 4 nitrogen and oxygen atoms in total. The number of ether oxygens (including phenoxy) is 1. The average Bonchev–Trinajstić information content (AvgIpc) is 3.26. The van der Waals surface area contributed by atoms with Crippen LogP contribution in [-0.4, -0.2) is 43.7 Å². The summed E-state index contributed by atoms with van der Waals surface area (Å²) in [5.41, 5.74) is 3.83. The molecule has 5 heteroatoms. The number of esters is 1. The highest BCUT2D eigenvalue weighted by Gasteiger charge is 2.49. The van der Waals surface area contributed by atoms with Gasteiger partial charge in [-0.3, -0.25) is 4.90 Å². The summed E-state index contributed by atoms with van der Waals surface area (Å²) < 4.78 is 6.06. The lowest BCUT2D eigenvalue weighted by Gasteiger charge is -2.56. The molecule has 3 fully saturated rings. The van der Waals surface area contributed by atoms with Crippen molar-refractivity contribution in [3.63, 3.8) is 0 Å². The third-order valence-electron chi connectivity index (χ3n) is 7.84. The monoisotopic (exact) mass is 482 g/mol. The Morgan fingerprint density at radius 3 is 2.42 bits per heavy atom. The van der Waals surface area contributed by atoms with E-state index in [1.54, 1.807) is 0 Å². The molecule has 2 heterocycles. The van der Waals surface area contributed by atoms with Crippen LogP contribution in [-0.2, 0) is 4.74 Å². The van der Waals surface area contributed by atoms with Gasteiger partial charge in [0.2, 0.25) is 0 Å². The number of likely N-dealkylation sites (tertiary alicyclic amines) is 1. The number of hydrogen-bond acceptors (Lipinski definition) is 4. The van der Waals surface area contributed by atoms with Crippen LogP contribution in [0.1, 0.15) is 60.5 Å². The van der Waals surface area contributed by atoms with E-state index >= 15 is 0 Å². The second kappa shape index (κ2) is 8.59. The van der Waals surface area contributed by atoms with Gasteiger partial charge in [0, 0.05) is 35.3 Å². The van der Waals surface area contributed by atoms with Crippen molar-refractivity contribution in [1.29, 1.82) is 0 Å². The standard InChI is InChI=1S/C26H31BrN2O2/c1-31-25(30)19-8-10-20(11-9-19)28-15-12-26(13-16-28)17-21(18-26)29-14-4-7-24(29)22-5-2-3-6-23(22)27/h2-3,5-6,8-11,21,24H,4,7,12-18H2,1H3/t24-/m0/s1. The van der Waals surface area contributed by atoms with Gasteiger partial charge in [-0.15, -0.1) is 0 Å². The average molecular weight is 483 g/mol. The van der Waals surface area contributed by atoms with E-state index in [1.807, 2.05) is 12.1 Å². The third kappa shape index (κ3) is 4.03. The summed E-state index contributed by atoms with van der Waals surface area (Å²) in [6.45, 7) is 3.46. The Hall–Kier alpha value is -1.85. The molecule has 0 bridgehead atoms. The zero-order valence-electron chi connectivity index (χ0n) is 18.2. The number of hydrogen-bond donors (Lipinski definition) is 0. The van der Waals surface area contributed by atoms with E-state index in [0.717, 1.165) is 19.1 Å². The lowest BCUT2D eigenvalue weighted by molar-refractivity contribution is -0.0227. The maximum atomic E-state index is 11.7. The Kier molecular flexibility index (Phi) is 5.82. The molecule has 1 atom stereocenters. The topological polar surface area (TPSA) is 32.8 Å². The van der Waals surface area contributed by atoms with Crippen molar-refractivity contribution < 1.29 is 9.53 Å². The van der Waals surface area contributed by atoms with Gasteiger partial charge in [-0.1, -0.05) is 34.1 Å². The predicted octanol–water partition coefficient (Wildman–Crippen LogP) is 5.82. The first-order valence-electron chi connectivity index (χ1n) is 11.5. The Morgan fingerprint density at radius 1 is 1.03 bits per heavy atom. The molecular weight excluding hydrogens is 452 g/mol. The van der Waals surface area contributed by atoms with Gasteiger partial charge in [-0.05, 0) is 86.4 Å². The van der Waals surface area contributed by atoms with Crippen LogP contribution in [0.5, 0.6) is 0 Å². The number of carbonyl (C=O) groups excluding carboxylic acids is 1. The molecule has 0 unspecified atom stereocenters. The van der Waals surface area contributed by atoms with Gasteiger partial charge in [-0.2, -0.15) is 0 Å². The predicted molar refractivity (Wildman–Crippen MR) is 128 cm³/mol. The summed E-state index contributed by atoms with van der Waals surface area (Å²) in [5.74, 6) is -0.271. The summed E-state index contributed by atoms with van der Waals surface area (Å²) in [6.07, 6.45) is 7.84. The molecule has 2 aromatic carbocycles. The molecule has 5 rings (SSSR count). The van der Waals surface area contributed by atoms with Gasteiger partial charge in [-0.25, -0.2) is 4.79 Å². The maximum Gasteiger partial charge on any atom is 0.337 e. The van der Waals surface area contributed by atoms with Crippen molar-refractivity contribution in [2.24, 2.45) is 5.41 Å². The first-order valence-corrected chi connectivity index (χ1v) is 12.3. The largest absolute Gasteiger partial charge is 0.465 e. The highest BCUT2D eigenvalue weighted by atomic mass is 79.9. The van der Waals surface area contributed by atoms with Crippen molar-refractivity contribution in [3.05, 3.63) is 64.1 Å². The molecule has 2 aromatic rings. The van der Waals surface area contributed by atoms with Crippen LogP contribution >= 0.6 is 15.9 Å². The van der Waals surface area contributed by atoms with Crippen LogP contribution in [0.25, 0.3) is 0 Å². The Morgan fingerprint density at radius 2 is 1.74 bits per heavy atom. The molecule has 0 aromatic heterocycles. The molecule has 1 aliphatic carbocycles. The van der Waals surface area contributed by atoms with E-state index in [-0.39, 0.29) is 5.97 Å². The van der Waals surface area contributed by atoms with Gasteiger partial charge in [0.25, 0.3) is 0 Å². The minimum absolute atomic E-state index is 0.271. The minimum Gasteiger partial charge on any atom is -0.465 e. The summed E-state index contributed by atoms with van der Waals surface area (Å²) in [6, 6.07) is 17.9. The van der Waals surface area contributed by atoms with Crippen LogP contribution < -0.4 is 4.90 Å². The highest BCUT2D eigenvalue weighted by molar-refractivity contribution is 9.10. The normalized spacial score (nSPS) is 23.7. The molecule has 31 heavy (non-hydrogen) atoms. The summed E-state index contributed by atoms with van der Waals surface area (Å²) in [7, 11) is 1.43. The van der Waals surface area contributed by atoms with E-state index in [9.17, 15) is 4.79 Å². The fourth-order valence-electron chi connectivity index (χ4n) is 6.05. The molecule has 2 saturated heterocycles. The number of benzene rings is 2. The maximum absolute atomic E-state index is 11.7. The van der Waals surface area contributed by atoms with Gasteiger partial charge in [0.15, 0.2) is 0 Å². The molecule has 3 aliphatic rings. The SMILES string of the molecule is COC(=O)c1ccc(N2CCC3(CC2)CC(N2CCC[C@H]2c2ccccc2Br)C3)cc1. The van der Waals surface area contributed by atoms with E-state index in [1.165, 1.54) is 67.9 Å². The fraction of sp³-hybridized carbons (Fsp3) is 0.500. The first-order chi connectivity index (χ1) is 15.1. The number of piperidine rings is 1. The molecule has 164 valence electrons. The molecule has 0 N–H and O–H groups in total. The smallest absolute Gasteiger partial charge is 0.337 e. The van der Waals surface area contributed by atoms with Crippen molar-refractivity contribution in [3.8, 4) is 0 Å². The summed E-state index contributed by atoms with van der Waals surface area (Å²) >= 11 is 3.78. The van der Waals surface area contributed by atoms with Crippen molar-refractivity contribution in [2.75, 3.05) is 31.6 Å². The highest BCUT2D eigenvalue weighted by Crippen LogP contribution is 2.54. The zero-order chi connectivity index (χ0) is 21.4. The lowest BCUT2D eigenvalue weighted by atomic mass is 9.60. The fourth-order valence-corrected chi connectivity index (χ4v) is 6.60. The summed E-state index contributed by atoms with van der Waals surface area (Å²) in [5, 5.41) is 0. The van der Waals surface area contributed by atoms with Crippen LogP contribution in [0.2, 0.25) is 0 Å². The zero-order valence-corrected chi connectivity index (χ0v) is 19.8. The van der Waals surface area contributed by atoms with Crippen molar-refractivity contribution in [1.82, 2.24) is 4.90 Å². The van der Waals surface area contributed by atoms with Crippen molar-refractivity contribution in [2.45, 2.75) is 50.6 Å². The van der Waals surface area contributed by atoms with E-state index < -0.39 is 0 Å². The van der Waals surface area contributed by atoms with Crippen molar-refractivity contribution >= 4 is 27.6 Å². The van der Waals surface area contributed by atoms with E-state index in [0.29, 0.717) is 17.0 Å². The molecule has 1 saturated carbocycles. The van der Waals surface area contributed by atoms with E-state index in [2.05, 4.69) is 62.1 Å². The molecule has 1 spiro atoms. The Bertz CT molecular complexity index is 929. The molecule has 2 aliphatic heterocycles. The van der Waals surface area contributed by atoms with Gasteiger partial charge in [0.1, 0.15) is 0 Å². The molecular formula is C26H31BrN2O2. The summed E-state index contributed by atoms with van der Waals surface area (Å²) in [4.78, 5) is 16.9. The van der Waals surface area contributed by atoms with Gasteiger partial charge >= 0.3 is 5.97 Å². The quantitative estimate of drug-likeness (QED) is 0.513. The van der Waals surface area contributed by atoms with Gasteiger partial charge in [0.05, 0.1) is 12.7 Å². The molecule has 0 amide bonds. The lowest BCUT2D eigenvalue weighted by Crippen LogP contribution is -2.54. The number of halogens is 1. The Balaban J connectivity index is 1.18. The Labute approximate surface area is 193 Å².